The molecular weight excluding hydrogens is 324 g/mol. The molecule has 0 aliphatic heterocycles. The van der Waals surface area contributed by atoms with Gasteiger partial charge in [-0.15, -0.1) is 11.3 Å². The van der Waals surface area contributed by atoms with Crippen LogP contribution in [0.25, 0.3) is 0 Å². The third-order valence-corrected chi connectivity index (χ3v) is 4.10. The number of amides is 1. The first-order valence-electron chi connectivity index (χ1n) is 5.01. The van der Waals surface area contributed by atoms with Crippen molar-refractivity contribution in [3.63, 3.8) is 0 Å². The van der Waals surface area contributed by atoms with Crippen molar-refractivity contribution in [2.24, 2.45) is 0 Å². The highest BCUT2D eigenvalue weighted by molar-refractivity contribution is 9.10. The van der Waals surface area contributed by atoms with Gasteiger partial charge in [0.2, 0.25) is 11.7 Å². The summed E-state index contributed by atoms with van der Waals surface area (Å²) < 4.78 is -1.24. The highest BCUT2D eigenvalue weighted by atomic mass is 79.9. The summed E-state index contributed by atoms with van der Waals surface area (Å²) >= 11 is 4.10. The molecule has 0 aliphatic carbocycles. The van der Waals surface area contributed by atoms with Gasteiger partial charge in [-0.3, -0.25) is 9.59 Å². The first kappa shape index (κ1) is 14.8. The number of aromatic carboxylic acids is 1. The molecular formula is C10H11BrN2O4S. The Labute approximate surface area is 116 Å². The number of nitrogens with one attached hydrogen (secondary N) is 1. The Morgan fingerprint density at radius 3 is 2.56 bits per heavy atom. The molecule has 0 aromatic carbocycles. The highest BCUT2D eigenvalue weighted by Gasteiger charge is 2.37. The molecule has 98 valence electrons. The van der Waals surface area contributed by atoms with Crippen molar-refractivity contribution >= 4 is 44.9 Å². The molecule has 18 heavy (non-hydrogen) atoms. The summed E-state index contributed by atoms with van der Waals surface area (Å²) in [5.74, 6) is -2.02. The van der Waals surface area contributed by atoms with Gasteiger partial charge in [0, 0.05) is 12.3 Å². The number of carboxylic acid groups (broad SMARTS) is 1. The SMILES string of the molecule is CCC(Br)(NC(C)=O)C(=O)c1nc(C(=O)O)cs1. The third-order valence-electron chi connectivity index (χ3n) is 2.14. The van der Waals surface area contributed by atoms with Crippen molar-refractivity contribution in [3.8, 4) is 0 Å². The van der Waals surface area contributed by atoms with Crippen molar-refractivity contribution in [1.82, 2.24) is 10.3 Å². The minimum absolute atomic E-state index is 0.0416. The lowest BCUT2D eigenvalue weighted by atomic mass is 10.1. The van der Waals surface area contributed by atoms with Gasteiger partial charge in [-0.1, -0.05) is 22.9 Å². The zero-order valence-corrected chi connectivity index (χ0v) is 12.1. The number of halogens is 1. The molecule has 1 rings (SSSR count). The number of Topliss-reactive ketones (excluding diaryl/α,β-unsaturated/α-hetero) is 1. The molecule has 1 aromatic rings. The van der Waals surface area contributed by atoms with E-state index in [-0.39, 0.29) is 16.6 Å². The number of hydrogen-bond acceptors (Lipinski definition) is 5. The van der Waals surface area contributed by atoms with Crippen LogP contribution < -0.4 is 5.32 Å². The molecule has 0 bridgehead atoms. The number of alkyl halides is 1. The average Bonchev–Trinajstić information content (AvgIpc) is 2.76. The normalized spacial score (nSPS) is 13.7. The molecule has 0 fully saturated rings. The number of hydrogen-bond donors (Lipinski definition) is 2. The second-order valence-electron chi connectivity index (χ2n) is 3.51. The van der Waals surface area contributed by atoms with E-state index in [1.807, 2.05) is 0 Å². The van der Waals surface area contributed by atoms with Crippen LogP contribution in [0, 0.1) is 0 Å². The first-order valence-corrected chi connectivity index (χ1v) is 6.68. The van der Waals surface area contributed by atoms with Crippen LogP contribution in [0.3, 0.4) is 0 Å². The van der Waals surface area contributed by atoms with E-state index in [1.54, 1.807) is 6.92 Å². The van der Waals surface area contributed by atoms with Gasteiger partial charge in [0.15, 0.2) is 15.1 Å². The summed E-state index contributed by atoms with van der Waals surface area (Å²) in [7, 11) is 0. The molecule has 0 spiro atoms. The Morgan fingerprint density at radius 2 is 2.17 bits per heavy atom. The van der Waals surface area contributed by atoms with Crippen molar-refractivity contribution in [3.05, 3.63) is 16.1 Å². The molecule has 1 heterocycles. The van der Waals surface area contributed by atoms with E-state index in [9.17, 15) is 14.4 Å². The molecule has 2 N–H and O–H groups in total. The molecule has 1 amide bonds. The lowest BCUT2D eigenvalue weighted by molar-refractivity contribution is -0.119. The zero-order valence-electron chi connectivity index (χ0n) is 9.69. The predicted octanol–water partition coefficient (Wildman–Crippen LogP) is 1.66. The van der Waals surface area contributed by atoms with Crippen LogP contribution in [0.15, 0.2) is 5.38 Å². The molecule has 0 saturated carbocycles. The Hall–Kier alpha value is -1.28. The molecule has 8 heteroatoms. The van der Waals surface area contributed by atoms with Crippen molar-refractivity contribution in [2.75, 3.05) is 0 Å². The minimum atomic E-state index is -1.24. The van der Waals surface area contributed by atoms with Crippen LogP contribution >= 0.6 is 27.3 Å². The Balaban J connectivity index is 3.02. The predicted molar refractivity (Wildman–Crippen MR) is 69.2 cm³/mol. The standard InChI is InChI=1S/C10H11BrN2O4S/c1-3-10(11,13-5(2)14)7(15)8-12-6(4-18-8)9(16)17/h4H,3H2,1-2H3,(H,13,14)(H,16,17). The topological polar surface area (TPSA) is 96.4 Å². The summed E-state index contributed by atoms with van der Waals surface area (Å²) in [6, 6.07) is 0. The van der Waals surface area contributed by atoms with Gasteiger partial charge in [-0.2, -0.15) is 0 Å². The maximum Gasteiger partial charge on any atom is 0.355 e. The van der Waals surface area contributed by atoms with Crippen LogP contribution in [0.5, 0.6) is 0 Å². The number of aromatic nitrogens is 1. The number of carboxylic acids is 1. The second-order valence-corrected chi connectivity index (χ2v) is 5.72. The largest absolute Gasteiger partial charge is 0.476 e. The van der Waals surface area contributed by atoms with Gasteiger partial charge in [0.25, 0.3) is 0 Å². The van der Waals surface area contributed by atoms with Crippen LogP contribution in [0.4, 0.5) is 0 Å². The van der Waals surface area contributed by atoms with E-state index in [4.69, 9.17) is 5.11 Å². The van der Waals surface area contributed by atoms with Gasteiger partial charge in [0.05, 0.1) is 0 Å². The van der Waals surface area contributed by atoms with E-state index in [0.29, 0.717) is 6.42 Å². The molecule has 6 nitrogen and oxygen atoms in total. The number of thiazole rings is 1. The summed E-state index contributed by atoms with van der Waals surface area (Å²) in [5.41, 5.74) is -0.183. The Kier molecular flexibility index (Phi) is 4.58. The van der Waals surface area contributed by atoms with Crippen LogP contribution in [0.2, 0.25) is 0 Å². The quantitative estimate of drug-likeness (QED) is 0.485. The molecule has 0 saturated heterocycles. The average molecular weight is 335 g/mol. The van der Waals surface area contributed by atoms with E-state index < -0.39 is 16.2 Å². The second kappa shape index (κ2) is 5.57. The number of carbonyl (C=O) groups is 3. The molecule has 1 aromatic heterocycles. The fourth-order valence-corrected chi connectivity index (χ4v) is 2.64. The first-order chi connectivity index (χ1) is 8.30. The van der Waals surface area contributed by atoms with E-state index in [2.05, 4.69) is 26.2 Å². The highest BCUT2D eigenvalue weighted by Crippen LogP contribution is 2.26. The number of carbonyl (C=O) groups excluding carboxylic acids is 2. The number of ketones is 1. The summed E-state index contributed by atoms with van der Waals surface area (Å²) in [6.45, 7) is 3.01. The van der Waals surface area contributed by atoms with E-state index in [1.165, 1.54) is 12.3 Å². The van der Waals surface area contributed by atoms with Crippen LogP contribution in [-0.2, 0) is 4.79 Å². The van der Waals surface area contributed by atoms with Crippen LogP contribution in [0.1, 0.15) is 40.6 Å². The minimum Gasteiger partial charge on any atom is -0.476 e. The summed E-state index contributed by atoms with van der Waals surface area (Å²) in [4.78, 5) is 37.6. The smallest absolute Gasteiger partial charge is 0.355 e. The third kappa shape index (κ3) is 3.14. The van der Waals surface area contributed by atoms with E-state index >= 15 is 0 Å². The van der Waals surface area contributed by atoms with Gasteiger partial charge < -0.3 is 10.4 Å². The Bertz CT molecular complexity index is 502. The molecule has 0 aliphatic rings. The molecule has 1 atom stereocenters. The van der Waals surface area contributed by atoms with Crippen molar-refractivity contribution in [2.45, 2.75) is 24.7 Å². The fraction of sp³-hybridized carbons (Fsp3) is 0.400. The lowest BCUT2D eigenvalue weighted by Gasteiger charge is -2.24. The summed E-state index contributed by atoms with van der Waals surface area (Å²) in [5, 5.41) is 12.6. The Morgan fingerprint density at radius 1 is 1.56 bits per heavy atom. The van der Waals surface area contributed by atoms with Gasteiger partial charge >= 0.3 is 5.97 Å². The fourth-order valence-electron chi connectivity index (χ4n) is 1.23. The van der Waals surface area contributed by atoms with Crippen molar-refractivity contribution in [1.29, 1.82) is 0 Å². The lowest BCUT2D eigenvalue weighted by Crippen LogP contribution is -2.48. The number of rotatable bonds is 5. The number of nitrogens with zero attached hydrogens (tertiary/aromatic N) is 1. The van der Waals surface area contributed by atoms with Gasteiger partial charge in [-0.25, -0.2) is 9.78 Å². The molecule has 0 radical (unpaired) electrons. The molecule has 1 unspecified atom stereocenters. The van der Waals surface area contributed by atoms with Gasteiger partial charge in [0.1, 0.15) is 0 Å². The van der Waals surface area contributed by atoms with Crippen LogP contribution in [-0.4, -0.2) is 32.2 Å². The van der Waals surface area contributed by atoms with E-state index in [0.717, 1.165) is 11.3 Å². The monoisotopic (exact) mass is 334 g/mol. The zero-order chi connectivity index (χ0) is 13.9. The summed E-state index contributed by atoms with van der Waals surface area (Å²) in [6.07, 6.45) is 0.313. The maximum atomic E-state index is 12.2. The maximum absolute atomic E-state index is 12.2. The van der Waals surface area contributed by atoms with Gasteiger partial charge in [-0.05, 0) is 6.42 Å². The van der Waals surface area contributed by atoms with Crippen molar-refractivity contribution < 1.29 is 19.5 Å².